The summed E-state index contributed by atoms with van der Waals surface area (Å²) in [5, 5.41) is 4.23. The first-order chi connectivity index (χ1) is 11.7. The van der Waals surface area contributed by atoms with E-state index in [1.807, 2.05) is 4.68 Å². The Morgan fingerprint density at radius 1 is 1.21 bits per heavy atom. The average molecular weight is 334 g/mol. The number of hydrogen-bond donors (Lipinski definition) is 0. The largest absolute Gasteiger partial charge is 0.339 e. The molecule has 0 unspecified atom stereocenters. The van der Waals surface area contributed by atoms with Crippen molar-refractivity contribution in [1.82, 2.24) is 29.5 Å². The number of carbonyl (C=O) groups excluding carboxylic acids is 1. The van der Waals surface area contributed by atoms with E-state index in [1.54, 1.807) is 12.7 Å². The fourth-order valence-electron chi connectivity index (χ4n) is 3.96. The van der Waals surface area contributed by atoms with E-state index in [1.165, 1.54) is 12.8 Å². The maximum absolute atomic E-state index is 13.0. The zero-order valence-corrected chi connectivity index (χ0v) is 15.0. The van der Waals surface area contributed by atoms with Crippen molar-refractivity contribution in [3.05, 3.63) is 12.7 Å². The minimum Gasteiger partial charge on any atom is -0.339 e. The number of piperazine rings is 1. The zero-order chi connectivity index (χ0) is 16.9. The topological polar surface area (TPSA) is 57.5 Å². The Balaban J connectivity index is 1.60. The van der Waals surface area contributed by atoms with Crippen molar-refractivity contribution in [2.75, 3.05) is 39.3 Å². The minimum absolute atomic E-state index is 0.0491. The fraction of sp³-hybridized carbons (Fsp3) is 0.824. The molecule has 0 saturated carbocycles. The molecule has 2 atom stereocenters. The van der Waals surface area contributed by atoms with Gasteiger partial charge in [0.25, 0.3) is 0 Å². The molecule has 0 aromatic carbocycles. The van der Waals surface area contributed by atoms with Gasteiger partial charge in [0, 0.05) is 32.2 Å². The lowest BCUT2D eigenvalue weighted by Crippen LogP contribution is -2.57. The maximum Gasteiger partial charge on any atom is 0.239 e. The number of hydrogen-bond acceptors (Lipinski definition) is 5. The average Bonchev–Trinajstić information content (AvgIpc) is 3.14. The van der Waals surface area contributed by atoms with E-state index in [0.717, 1.165) is 52.2 Å². The lowest BCUT2D eigenvalue weighted by Gasteiger charge is -2.42. The second kappa shape index (κ2) is 8.07. The fourth-order valence-corrected chi connectivity index (χ4v) is 3.96. The van der Waals surface area contributed by atoms with Crippen molar-refractivity contribution >= 4 is 5.91 Å². The first-order valence-electron chi connectivity index (χ1n) is 9.28. The highest BCUT2D eigenvalue weighted by Gasteiger charge is 2.33. The first-order valence-corrected chi connectivity index (χ1v) is 9.28. The maximum atomic E-state index is 13.0. The van der Waals surface area contributed by atoms with Crippen LogP contribution in [0.5, 0.6) is 0 Å². The minimum atomic E-state index is -0.0491. The third-order valence-electron chi connectivity index (χ3n) is 5.52. The molecule has 3 heterocycles. The van der Waals surface area contributed by atoms with Crippen molar-refractivity contribution in [2.24, 2.45) is 0 Å². The summed E-state index contributed by atoms with van der Waals surface area (Å²) in [5.74, 6) is 0.288. The summed E-state index contributed by atoms with van der Waals surface area (Å²) in [4.78, 5) is 23.9. The highest BCUT2D eigenvalue weighted by atomic mass is 16.2. The van der Waals surface area contributed by atoms with Crippen LogP contribution >= 0.6 is 0 Å². The molecule has 3 rings (SSSR count). The molecule has 7 nitrogen and oxygen atoms in total. The van der Waals surface area contributed by atoms with Gasteiger partial charge in [-0.1, -0.05) is 13.3 Å². The van der Waals surface area contributed by atoms with Gasteiger partial charge >= 0.3 is 0 Å². The molecule has 0 spiro atoms. The Morgan fingerprint density at radius 2 is 2.00 bits per heavy atom. The lowest BCUT2D eigenvalue weighted by atomic mass is 9.99. The van der Waals surface area contributed by atoms with E-state index in [2.05, 4.69) is 38.6 Å². The van der Waals surface area contributed by atoms with Gasteiger partial charge < -0.3 is 9.80 Å². The number of rotatable bonds is 5. The third kappa shape index (κ3) is 3.95. The Morgan fingerprint density at radius 3 is 2.67 bits per heavy atom. The molecule has 1 aromatic heterocycles. The summed E-state index contributed by atoms with van der Waals surface area (Å²) >= 11 is 0. The highest BCUT2D eigenvalue weighted by Crippen LogP contribution is 2.22. The molecule has 2 saturated heterocycles. The molecule has 1 amide bonds. The van der Waals surface area contributed by atoms with Gasteiger partial charge in [0.05, 0.1) is 12.6 Å². The molecule has 0 aliphatic carbocycles. The van der Waals surface area contributed by atoms with Crippen LogP contribution in [0.4, 0.5) is 0 Å². The van der Waals surface area contributed by atoms with E-state index < -0.39 is 0 Å². The molecule has 0 bridgehead atoms. The van der Waals surface area contributed by atoms with Crippen LogP contribution in [-0.4, -0.2) is 86.7 Å². The number of nitrogens with zero attached hydrogens (tertiary/aromatic N) is 6. The summed E-state index contributed by atoms with van der Waals surface area (Å²) < 4.78 is 1.89. The van der Waals surface area contributed by atoms with Gasteiger partial charge in [-0.25, -0.2) is 4.98 Å². The zero-order valence-electron chi connectivity index (χ0n) is 15.0. The lowest BCUT2D eigenvalue weighted by molar-refractivity contribution is -0.139. The predicted octanol–water partition coefficient (Wildman–Crippen LogP) is 0.685. The van der Waals surface area contributed by atoms with Crippen molar-refractivity contribution in [2.45, 2.75) is 51.7 Å². The van der Waals surface area contributed by atoms with Crippen LogP contribution in [0.2, 0.25) is 0 Å². The van der Waals surface area contributed by atoms with Crippen LogP contribution in [0.15, 0.2) is 12.7 Å². The van der Waals surface area contributed by atoms with E-state index in [4.69, 9.17) is 0 Å². The number of likely N-dealkylation sites (tertiary alicyclic amines) is 1. The van der Waals surface area contributed by atoms with Crippen LogP contribution < -0.4 is 0 Å². The number of piperidine rings is 1. The van der Waals surface area contributed by atoms with Crippen LogP contribution in [0, 0.1) is 0 Å². The van der Waals surface area contributed by atoms with E-state index >= 15 is 0 Å². The molecule has 2 aliphatic heterocycles. The summed E-state index contributed by atoms with van der Waals surface area (Å²) in [6.45, 7) is 10.9. The van der Waals surface area contributed by atoms with Gasteiger partial charge in [0.1, 0.15) is 12.7 Å². The molecule has 7 heteroatoms. The van der Waals surface area contributed by atoms with Crippen LogP contribution in [0.25, 0.3) is 0 Å². The van der Waals surface area contributed by atoms with Gasteiger partial charge in [-0.2, -0.15) is 5.10 Å². The summed E-state index contributed by atoms with van der Waals surface area (Å²) in [6.07, 6.45) is 6.88. The predicted molar refractivity (Wildman–Crippen MR) is 92.5 cm³/mol. The molecular formula is C17H30N6O. The van der Waals surface area contributed by atoms with Gasteiger partial charge in [-0.05, 0) is 32.9 Å². The van der Waals surface area contributed by atoms with Gasteiger partial charge in [0.15, 0.2) is 0 Å². The summed E-state index contributed by atoms with van der Waals surface area (Å²) in [7, 11) is 0. The molecule has 2 fully saturated rings. The molecule has 0 N–H and O–H groups in total. The highest BCUT2D eigenvalue weighted by molar-refractivity contribution is 5.81. The van der Waals surface area contributed by atoms with E-state index in [-0.39, 0.29) is 11.9 Å². The van der Waals surface area contributed by atoms with Crippen molar-refractivity contribution in [1.29, 1.82) is 0 Å². The van der Waals surface area contributed by atoms with Gasteiger partial charge in [0.2, 0.25) is 5.91 Å². The summed E-state index contributed by atoms with van der Waals surface area (Å²) in [6, 6.07) is 0.323. The SMILES string of the molecule is CCN1CCN(C(=O)[C@H](C)N2CCCC[C@@H]2Cn2cncn2)CC1. The number of likely N-dealkylation sites (N-methyl/N-ethyl adjacent to an activating group) is 1. The molecule has 1 aromatic rings. The van der Waals surface area contributed by atoms with Crippen LogP contribution in [0.3, 0.4) is 0 Å². The summed E-state index contributed by atoms with van der Waals surface area (Å²) in [5.41, 5.74) is 0. The Hall–Kier alpha value is -1.47. The van der Waals surface area contributed by atoms with Crippen LogP contribution in [0.1, 0.15) is 33.1 Å². The van der Waals surface area contributed by atoms with Crippen molar-refractivity contribution in [3.63, 3.8) is 0 Å². The first kappa shape index (κ1) is 17.4. The Kier molecular flexibility index (Phi) is 5.84. The van der Waals surface area contributed by atoms with E-state index in [9.17, 15) is 4.79 Å². The number of aromatic nitrogens is 3. The molecule has 2 aliphatic rings. The van der Waals surface area contributed by atoms with Crippen LogP contribution in [-0.2, 0) is 11.3 Å². The second-order valence-corrected chi connectivity index (χ2v) is 6.94. The standard InChI is InChI=1S/C17H30N6O/c1-3-20-8-10-21(11-9-20)17(24)15(2)23-7-5-4-6-16(23)12-22-14-18-13-19-22/h13-16H,3-12H2,1-2H3/t15-,16+/m0/s1. The normalized spacial score (nSPS) is 24.9. The molecule has 24 heavy (non-hydrogen) atoms. The third-order valence-corrected chi connectivity index (χ3v) is 5.52. The van der Waals surface area contributed by atoms with Gasteiger partial charge in [-0.3, -0.25) is 14.4 Å². The Bertz CT molecular complexity index is 511. The monoisotopic (exact) mass is 334 g/mol. The number of amides is 1. The molecular weight excluding hydrogens is 304 g/mol. The van der Waals surface area contributed by atoms with Gasteiger partial charge in [-0.15, -0.1) is 0 Å². The second-order valence-electron chi connectivity index (χ2n) is 6.94. The number of carbonyl (C=O) groups is 1. The smallest absolute Gasteiger partial charge is 0.239 e. The Labute approximate surface area is 144 Å². The van der Waals surface area contributed by atoms with Crippen molar-refractivity contribution < 1.29 is 4.79 Å². The molecule has 0 radical (unpaired) electrons. The van der Waals surface area contributed by atoms with Crippen molar-refractivity contribution in [3.8, 4) is 0 Å². The molecule has 134 valence electrons. The van der Waals surface area contributed by atoms with E-state index in [0.29, 0.717) is 6.04 Å². The quantitative estimate of drug-likeness (QED) is 0.793.